The summed E-state index contributed by atoms with van der Waals surface area (Å²) in [7, 11) is 3.88. The predicted molar refractivity (Wildman–Crippen MR) is 118 cm³/mol. The fraction of sp³-hybridized carbons (Fsp3) is 0.381. The zero-order valence-corrected chi connectivity index (χ0v) is 17.9. The van der Waals surface area contributed by atoms with Crippen LogP contribution in [0, 0.1) is 11.3 Å². The normalized spacial score (nSPS) is 16.8. The monoisotopic (exact) mass is 420 g/mol. The fourth-order valence-corrected chi connectivity index (χ4v) is 4.35. The van der Waals surface area contributed by atoms with E-state index in [1.54, 1.807) is 29.7 Å². The Kier molecular flexibility index (Phi) is 6.16. The summed E-state index contributed by atoms with van der Waals surface area (Å²) < 4.78 is 0. The number of pyridine rings is 1. The minimum absolute atomic E-state index is 0.275. The Bertz CT molecular complexity index is 1020. The molecule has 4 rings (SSSR count). The van der Waals surface area contributed by atoms with Gasteiger partial charge in [-0.05, 0) is 31.5 Å². The molecule has 1 aliphatic rings. The van der Waals surface area contributed by atoms with Gasteiger partial charge >= 0.3 is 0 Å². The summed E-state index contributed by atoms with van der Waals surface area (Å²) in [5, 5.41) is 15.2. The first-order valence-electron chi connectivity index (χ1n) is 9.93. The molecule has 0 amide bonds. The Morgan fingerprint density at radius 1 is 1.27 bits per heavy atom. The highest BCUT2D eigenvalue weighted by Gasteiger charge is 2.26. The quantitative estimate of drug-likeness (QED) is 0.645. The standard InChI is InChI=1S/C21H24N8S/c1-28(2)20-24-11-16(12-25-20)13-29-8-4-3-5-18(29)17-14-30-21(26-17)27-19-9-15(10-22)6-7-23-19/h6-7,9,11-12,14,18H,3-5,8,13H2,1-2H3,(H,23,26,27)/t18-/m1/s1. The van der Waals surface area contributed by atoms with Gasteiger partial charge in [0.15, 0.2) is 5.13 Å². The van der Waals surface area contributed by atoms with Gasteiger partial charge in [-0.25, -0.2) is 19.9 Å². The smallest absolute Gasteiger partial charge is 0.224 e. The lowest BCUT2D eigenvalue weighted by Crippen LogP contribution is -2.33. The van der Waals surface area contributed by atoms with Crippen LogP contribution in [0.3, 0.4) is 0 Å². The Morgan fingerprint density at radius 2 is 2.10 bits per heavy atom. The maximum absolute atomic E-state index is 9.06. The molecular formula is C21H24N8S. The van der Waals surface area contributed by atoms with Gasteiger partial charge in [0.25, 0.3) is 0 Å². The lowest BCUT2D eigenvalue weighted by atomic mass is 9.99. The van der Waals surface area contributed by atoms with Crippen LogP contribution in [0.25, 0.3) is 0 Å². The number of aromatic nitrogens is 4. The molecule has 8 nitrogen and oxygen atoms in total. The Balaban J connectivity index is 1.47. The molecule has 1 fully saturated rings. The predicted octanol–water partition coefficient (Wildman–Crippen LogP) is 3.74. The van der Waals surface area contributed by atoms with E-state index in [1.165, 1.54) is 12.8 Å². The third-order valence-electron chi connectivity index (χ3n) is 5.08. The second kappa shape index (κ2) is 9.15. The molecule has 0 radical (unpaired) electrons. The van der Waals surface area contributed by atoms with Crippen molar-refractivity contribution in [1.29, 1.82) is 5.26 Å². The number of thiazole rings is 1. The van der Waals surface area contributed by atoms with Gasteiger partial charge in [0.05, 0.1) is 23.4 Å². The first kappa shape index (κ1) is 20.2. The fourth-order valence-electron chi connectivity index (χ4n) is 3.58. The van der Waals surface area contributed by atoms with Crippen LogP contribution < -0.4 is 10.2 Å². The van der Waals surface area contributed by atoms with E-state index in [2.05, 4.69) is 36.6 Å². The molecule has 0 spiro atoms. The van der Waals surface area contributed by atoms with Gasteiger partial charge in [-0.1, -0.05) is 6.42 Å². The van der Waals surface area contributed by atoms with E-state index in [0.29, 0.717) is 11.4 Å². The summed E-state index contributed by atoms with van der Waals surface area (Å²) in [5.41, 5.74) is 2.76. The molecule has 154 valence electrons. The van der Waals surface area contributed by atoms with Crippen LogP contribution in [-0.2, 0) is 6.54 Å². The van der Waals surface area contributed by atoms with Crippen molar-refractivity contribution in [1.82, 2.24) is 24.8 Å². The Hall–Kier alpha value is -3.09. The highest BCUT2D eigenvalue weighted by atomic mass is 32.1. The van der Waals surface area contributed by atoms with Crippen molar-refractivity contribution in [3.05, 3.63) is 52.9 Å². The van der Waals surface area contributed by atoms with Gasteiger partial charge in [0.2, 0.25) is 5.95 Å². The third kappa shape index (κ3) is 4.72. The summed E-state index contributed by atoms with van der Waals surface area (Å²) in [6, 6.07) is 5.82. The molecule has 1 aliphatic heterocycles. The molecule has 9 heteroatoms. The summed E-state index contributed by atoms with van der Waals surface area (Å²) in [5.74, 6) is 1.35. The SMILES string of the molecule is CN(C)c1ncc(CN2CCCC[C@@H]2c2csc(Nc3cc(C#N)ccn3)n2)cn1. The van der Waals surface area contributed by atoms with Gasteiger partial charge < -0.3 is 10.2 Å². The highest BCUT2D eigenvalue weighted by Crippen LogP contribution is 2.34. The summed E-state index contributed by atoms with van der Waals surface area (Å²) in [6.45, 7) is 1.84. The minimum Gasteiger partial charge on any atom is -0.347 e. The van der Waals surface area contributed by atoms with Crippen molar-refractivity contribution < 1.29 is 0 Å². The first-order chi connectivity index (χ1) is 14.6. The van der Waals surface area contributed by atoms with E-state index in [4.69, 9.17) is 10.2 Å². The molecule has 1 N–H and O–H groups in total. The molecule has 0 saturated carbocycles. The Morgan fingerprint density at radius 3 is 2.87 bits per heavy atom. The number of likely N-dealkylation sites (tertiary alicyclic amines) is 1. The minimum atomic E-state index is 0.275. The molecule has 0 bridgehead atoms. The number of nitrogens with one attached hydrogen (secondary N) is 1. The zero-order valence-electron chi connectivity index (χ0n) is 17.1. The van der Waals surface area contributed by atoms with Gasteiger partial charge in [-0.3, -0.25) is 4.90 Å². The second-order valence-electron chi connectivity index (χ2n) is 7.51. The van der Waals surface area contributed by atoms with Gasteiger partial charge in [-0.15, -0.1) is 11.3 Å². The van der Waals surface area contributed by atoms with Crippen molar-refractivity contribution >= 4 is 28.2 Å². The maximum Gasteiger partial charge on any atom is 0.224 e. The molecule has 3 aromatic heterocycles. The van der Waals surface area contributed by atoms with Gasteiger partial charge in [0.1, 0.15) is 5.82 Å². The number of nitriles is 1. The van der Waals surface area contributed by atoms with Crippen molar-refractivity contribution in [2.45, 2.75) is 31.8 Å². The van der Waals surface area contributed by atoms with Crippen LogP contribution in [0.1, 0.15) is 42.1 Å². The zero-order chi connectivity index (χ0) is 20.9. The second-order valence-corrected chi connectivity index (χ2v) is 8.37. The van der Waals surface area contributed by atoms with E-state index in [1.807, 2.05) is 31.4 Å². The van der Waals surface area contributed by atoms with Crippen molar-refractivity contribution in [3.8, 4) is 6.07 Å². The topological polar surface area (TPSA) is 93.9 Å². The molecule has 1 saturated heterocycles. The first-order valence-corrected chi connectivity index (χ1v) is 10.8. The Labute approximate surface area is 180 Å². The van der Waals surface area contributed by atoms with Gasteiger partial charge in [0, 0.05) is 50.2 Å². The lowest BCUT2D eigenvalue weighted by molar-refractivity contribution is 0.137. The number of rotatable bonds is 6. The molecule has 0 aliphatic carbocycles. The summed E-state index contributed by atoms with van der Waals surface area (Å²) >= 11 is 1.56. The van der Waals surface area contributed by atoms with Crippen LogP contribution in [0.15, 0.2) is 36.1 Å². The lowest BCUT2D eigenvalue weighted by Gasteiger charge is -2.34. The van der Waals surface area contributed by atoms with Crippen LogP contribution in [0.5, 0.6) is 0 Å². The van der Waals surface area contributed by atoms with Crippen molar-refractivity contribution in [3.63, 3.8) is 0 Å². The van der Waals surface area contributed by atoms with Gasteiger partial charge in [-0.2, -0.15) is 5.26 Å². The molecule has 30 heavy (non-hydrogen) atoms. The number of nitrogens with zero attached hydrogens (tertiary/aromatic N) is 7. The molecular weight excluding hydrogens is 396 g/mol. The van der Waals surface area contributed by atoms with E-state index in [0.717, 1.165) is 41.8 Å². The maximum atomic E-state index is 9.06. The van der Waals surface area contributed by atoms with E-state index < -0.39 is 0 Å². The average molecular weight is 421 g/mol. The van der Waals surface area contributed by atoms with Crippen LogP contribution in [0.2, 0.25) is 0 Å². The number of hydrogen-bond acceptors (Lipinski definition) is 9. The van der Waals surface area contributed by atoms with Crippen LogP contribution >= 0.6 is 11.3 Å². The number of hydrogen-bond donors (Lipinski definition) is 1. The van der Waals surface area contributed by atoms with Crippen LogP contribution in [-0.4, -0.2) is 45.5 Å². The van der Waals surface area contributed by atoms with Crippen molar-refractivity contribution in [2.75, 3.05) is 30.9 Å². The van der Waals surface area contributed by atoms with Crippen molar-refractivity contribution in [2.24, 2.45) is 0 Å². The molecule has 4 heterocycles. The average Bonchev–Trinajstić information content (AvgIpc) is 3.23. The van der Waals surface area contributed by atoms with E-state index in [9.17, 15) is 0 Å². The van der Waals surface area contributed by atoms with E-state index in [-0.39, 0.29) is 6.04 Å². The summed E-state index contributed by atoms with van der Waals surface area (Å²) in [4.78, 5) is 22.3. The van der Waals surface area contributed by atoms with E-state index >= 15 is 0 Å². The molecule has 0 unspecified atom stereocenters. The number of piperidine rings is 1. The largest absolute Gasteiger partial charge is 0.347 e. The molecule has 0 aromatic carbocycles. The summed E-state index contributed by atoms with van der Waals surface area (Å²) in [6.07, 6.45) is 8.92. The molecule has 3 aromatic rings. The highest BCUT2D eigenvalue weighted by molar-refractivity contribution is 7.13. The third-order valence-corrected chi connectivity index (χ3v) is 5.85. The van der Waals surface area contributed by atoms with Crippen LogP contribution in [0.4, 0.5) is 16.9 Å². The number of anilines is 3. The molecule has 1 atom stereocenters.